The van der Waals surface area contributed by atoms with Gasteiger partial charge in [-0.15, -0.1) is 0 Å². The topological polar surface area (TPSA) is 83.5 Å². The summed E-state index contributed by atoms with van der Waals surface area (Å²) in [5, 5.41) is 0. The first kappa shape index (κ1) is 19.3. The third-order valence-corrected chi connectivity index (χ3v) is 6.62. The molecular formula is C19H24N4O3S. The van der Waals surface area contributed by atoms with Crippen LogP contribution in [0.3, 0.4) is 0 Å². The van der Waals surface area contributed by atoms with E-state index in [1.807, 2.05) is 37.3 Å². The highest BCUT2D eigenvalue weighted by Crippen LogP contribution is 2.20. The molecule has 27 heavy (non-hydrogen) atoms. The smallest absolute Gasteiger partial charge is 0.272 e. The zero-order valence-electron chi connectivity index (χ0n) is 15.6. The molecule has 1 aromatic heterocycles. The number of hydrogen-bond donors (Lipinski definition) is 0. The number of hydrogen-bond acceptors (Lipinski definition) is 6. The summed E-state index contributed by atoms with van der Waals surface area (Å²) >= 11 is 0. The Labute approximate surface area is 160 Å². The van der Waals surface area contributed by atoms with Crippen molar-refractivity contribution in [2.75, 3.05) is 30.0 Å². The molecule has 1 saturated heterocycles. The van der Waals surface area contributed by atoms with Crippen LogP contribution in [-0.2, 0) is 16.4 Å². The first-order valence-electron chi connectivity index (χ1n) is 8.98. The second-order valence-corrected chi connectivity index (χ2v) is 8.96. The second-order valence-electron chi connectivity index (χ2n) is 6.73. The van der Waals surface area contributed by atoms with Crippen LogP contribution in [-0.4, -0.2) is 60.3 Å². The van der Waals surface area contributed by atoms with E-state index in [2.05, 4.69) is 14.9 Å². The summed E-state index contributed by atoms with van der Waals surface area (Å²) in [6.45, 7) is 3.44. The van der Waals surface area contributed by atoms with E-state index in [4.69, 9.17) is 0 Å². The number of benzene rings is 1. The maximum absolute atomic E-state index is 12.8. The molecule has 2 aromatic rings. The Bertz CT molecular complexity index is 902. The Kier molecular flexibility index (Phi) is 5.74. The average molecular weight is 388 g/mol. The molecule has 1 unspecified atom stereocenters. The van der Waals surface area contributed by atoms with Gasteiger partial charge in [0.15, 0.2) is 9.84 Å². The molecule has 0 spiro atoms. The minimum Gasteiger partial charge on any atom is -0.352 e. The van der Waals surface area contributed by atoms with Crippen molar-refractivity contribution >= 4 is 21.6 Å². The maximum Gasteiger partial charge on any atom is 0.272 e. The van der Waals surface area contributed by atoms with Crippen LogP contribution in [0.2, 0.25) is 0 Å². The summed E-state index contributed by atoms with van der Waals surface area (Å²) in [6, 6.07) is 11.4. The van der Waals surface area contributed by atoms with E-state index in [1.165, 1.54) is 11.2 Å². The molecule has 0 N–H and O–H groups in total. The van der Waals surface area contributed by atoms with Gasteiger partial charge >= 0.3 is 0 Å². The molecule has 8 heteroatoms. The van der Waals surface area contributed by atoms with Crippen molar-refractivity contribution in [3.05, 3.63) is 54.0 Å². The molecule has 1 amide bonds. The summed E-state index contributed by atoms with van der Waals surface area (Å²) < 4.78 is 23.4. The molecule has 1 atom stereocenters. The Morgan fingerprint density at radius 3 is 2.59 bits per heavy atom. The van der Waals surface area contributed by atoms with Crippen molar-refractivity contribution in [3.63, 3.8) is 0 Å². The first-order valence-corrected chi connectivity index (χ1v) is 10.8. The van der Waals surface area contributed by atoms with Crippen LogP contribution >= 0.6 is 0 Å². The lowest BCUT2D eigenvalue weighted by Gasteiger charge is -2.25. The van der Waals surface area contributed by atoms with Gasteiger partial charge in [-0.05, 0) is 18.9 Å². The van der Waals surface area contributed by atoms with E-state index in [0.717, 1.165) is 12.1 Å². The van der Waals surface area contributed by atoms with Crippen LogP contribution in [0.4, 0.5) is 5.82 Å². The van der Waals surface area contributed by atoms with Crippen molar-refractivity contribution in [2.24, 2.45) is 0 Å². The molecule has 3 rings (SSSR count). The number of nitrogens with zero attached hydrogens (tertiary/aromatic N) is 4. The number of sulfone groups is 1. The molecule has 144 valence electrons. The Morgan fingerprint density at radius 2 is 1.96 bits per heavy atom. The quantitative estimate of drug-likeness (QED) is 0.750. The third kappa shape index (κ3) is 4.63. The Hall–Kier alpha value is -2.48. The molecule has 1 aliphatic rings. The van der Waals surface area contributed by atoms with Gasteiger partial charge in [-0.3, -0.25) is 4.79 Å². The summed E-state index contributed by atoms with van der Waals surface area (Å²) in [4.78, 5) is 24.8. The molecule has 0 saturated carbocycles. The van der Waals surface area contributed by atoms with E-state index < -0.39 is 9.84 Å². The standard InChI is InChI=1S/C19H24N4O3S/c1-3-23(12-15-7-5-4-6-8-15)18-11-17(20-14-21-18)19(24)22(2)16-9-10-27(25,26)13-16/h4-8,11,14,16H,3,9-10,12-13H2,1-2H3. The van der Waals surface area contributed by atoms with Crippen LogP contribution in [0.15, 0.2) is 42.7 Å². The van der Waals surface area contributed by atoms with Crippen molar-refractivity contribution < 1.29 is 13.2 Å². The first-order chi connectivity index (χ1) is 12.9. The summed E-state index contributed by atoms with van der Waals surface area (Å²) in [6.07, 6.45) is 1.85. The molecule has 0 bridgehead atoms. The van der Waals surface area contributed by atoms with Crippen molar-refractivity contribution in [3.8, 4) is 0 Å². The number of carbonyl (C=O) groups excluding carboxylic acids is 1. The highest BCUT2D eigenvalue weighted by atomic mass is 32.2. The number of carbonyl (C=O) groups is 1. The maximum atomic E-state index is 12.8. The van der Waals surface area contributed by atoms with Crippen LogP contribution in [0.1, 0.15) is 29.4 Å². The van der Waals surface area contributed by atoms with Gasteiger partial charge in [0.2, 0.25) is 0 Å². The minimum atomic E-state index is -3.05. The van der Waals surface area contributed by atoms with Crippen LogP contribution < -0.4 is 4.90 Å². The number of rotatable bonds is 6. The van der Waals surface area contributed by atoms with Crippen LogP contribution in [0, 0.1) is 0 Å². The second kappa shape index (κ2) is 8.04. The van der Waals surface area contributed by atoms with Gasteiger partial charge in [0.05, 0.1) is 11.5 Å². The predicted molar refractivity (Wildman–Crippen MR) is 104 cm³/mol. The average Bonchev–Trinajstić information content (AvgIpc) is 3.05. The summed E-state index contributed by atoms with van der Waals surface area (Å²) in [7, 11) is -1.42. The van der Waals surface area contributed by atoms with E-state index >= 15 is 0 Å². The van der Waals surface area contributed by atoms with Gasteiger partial charge in [0.1, 0.15) is 17.8 Å². The zero-order chi connectivity index (χ0) is 19.4. The van der Waals surface area contributed by atoms with Gasteiger partial charge in [0, 0.05) is 32.2 Å². The fourth-order valence-corrected chi connectivity index (χ4v) is 5.00. The third-order valence-electron chi connectivity index (χ3n) is 4.87. The van der Waals surface area contributed by atoms with E-state index in [0.29, 0.717) is 18.8 Å². The number of amides is 1. The Morgan fingerprint density at radius 1 is 1.22 bits per heavy atom. The molecule has 0 aliphatic carbocycles. The highest BCUT2D eigenvalue weighted by Gasteiger charge is 2.33. The number of anilines is 1. The van der Waals surface area contributed by atoms with Gasteiger partial charge in [-0.1, -0.05) is 30.3 Å². The molecule has 1 fully saturated rings. The molecule has 1 aromatic carbocycles. The largest absolute Gasteiger partial charge is 0.352 e. The molecule has 0 radical (unpaired) electrons. The summed E-state index contributed by atoms with van der Waals surface area (Å²) in [5.41, 5.74) is 1.43. The van der Waals surface area contributed by atoms with Crippen molar-refractivity contribution in [2.45, 2.75) is 25.9 Å². The molecule has 2 heterocycles. The van der Waals surface area contributed by atoms with Gasteiger partial charge < -0.3 is 9.80 Å². The highest BCUT2D eigenvalue weighted by molar-refractivity contribution is 7.91. The van der Waals surface area contributed by atoms with Crippen LogP contribution in [0.5, 0.6) is 0 Å². The lowest BCUT2D eigenvalue weighted by molar-refractivity contribution is 0.0741. The number of aromatic nitrogens is 2. The zero-order valence-corrected chi connectivity index (χ0v) is 16.4. The van der Waals surface area contributed by atoms with Gasteiger partial charge in [-0.25, -0.2) is 18.4 Å². The molecule has 1 aliphatic heterocycles. The van der Waals surface area contributed by atoms with Crippen molar-refractivity contribution in [1.82, 2.24) is 14.9 Å². The van der Waals surface area contributed by atoms with Crippen LogP contribution in [0.25, 0.3) is 0 Å². The lowest BCUT2D eigenvalue weighted by Crippen LogP contribution is -2.38. The molecular weight excluding hydrogens is 364 g/mol. The Balaban J connectivity index is 1.76. The van der Waals surface area contributed by atoms with Gasteiger partial charge in [0.25, 0.3) is 5.91 Å². The lowest BCUT2D eigenvalue weighted by atomic mass is 10.2. The van der Waals surface area contributed by atoms with Crippen molar-refractivity contribution in [1.29, 1.82) is 0 Å². The fraction of sp³-hybridized carbons (Fsp3) is 0.421. The molecule has 7 nitrogen and oxygen atoms in total. The fourth-order valence-electron chi connectivity index (χ4n) is 3.22. The van der Waals surface area contributed by atoms with E-state index in [1.54, 1.807) is 13.1 Å². The van der Waals surface area contributed by atoms with Gasteiger partial charge in [-0.2, -0.15) is 0 Å². The predicted octanol–water partition coefficient (Wildman–Crippen LogP) is 1.76. The SMILES string of the molecule is CCN(Cc1ccccc1)c1cc(C(=O)N(C)C2CCS(=O)(=O)C2)ncn1. The monoisotopic (exact) mass is 388 g/mol. The van der Waals surface area contributed by atoms with E-state index in [-0.39, 0.29) is 29.1 Å². The normalized spacial score (nSPS) is 18.2. The summed E-state index contributed by atoms with van der Waals surface area (Å²) in [5.74, 6) is 0.538. The van der Waals surface area contributed by atoms with E-state index in [9.17, 15) is 13.2 Å². The minimum absolute atomic E-state index is 0.0161.